The van der Waals surface area contributed by atoms with Crippen LogP contribution in [0.15, 0.2) is 42.7 Å². The molecule has 1 unspecified atom stereocenters. The minimum atomic E-state index is -0.894. The largest absolute Gasteiger partial charge is 0.329 e. The van der Waals surface area contributed by atoms with Crippen LogP contribution in [0.1, 0.15) is 11.6 Å². The van der Waals surface area contributed by atoms with E-state index in [9.17, 15) is 14.0 Å². The summed E-state index contributed by atoms with van der Waals surface area (Å²) in [4.78, 5) is 28.9. The summed E-state index contributed by atoms with van der Waals surface area (Å²) in [6.45, 7) is 0. The second-order valence-electron chi connectivity index (χ2n) is 4.44. The Kier molecular flexibility index (Phi) is 3.31. The van der Waals surface area contributed by atoms with Crippen molar-refractivity contribution in [3.05, 3.63) is 59.1 Å². The third-order valence-corrected chi connectivity index (χ3v) is 3.45. The molecule has 1 aliphatic heterocycles. The number of anilines is 1. The smallest absolute Gasteiger partial charge is 0.321 e. The van der Waals surface area contributed by atoms with E-state index < -0.39 is 23.8 Å². The Labute approximate surface area is 124 Å². The average molecular weight is 306 g/mol. The maximum Gasteiger partial charge on any atom is 0.329 e. The Balaban J connectivity index is 1.98. The molecule has 3 rings (SSSR count). The molecule has 2 heterocycles. The van der Waals surface area contributed by atoms with E-state index in [0.717, 1.165) is 17.2 Å². The number of amides is 3. The summed E-state index contributed by atoms with van der Waals surface area (Å²) in [5, 5.41) is 2.90. The van der Waals surface area contributed by atoms with Crippen LogP contribution in [0.2, 0.25) is 5.02 Å². The molecule has 1 fully saturated rings. The van der Waals surface area contributed by atoms with E-state index in [1.165, 1.54) is 6.20 Å². The Morgan fingerprint density at radius 2 is 2.00 bits per heavy atom. The van der Waals surface area contributed by atoms with Gasteiger partial charge in [0.2, 0.25) is 0 Å². The van der Waals surface area contributed by atoms with Crippen molar-refractivity contribution < 1.29 is 14.0 Å². The van der Waals surface area contributed by atoms with Gasteiger partial charge in [0.05, 0.1) is 18.1 Å². The first kappa shape index (κ1) is 13.5. The summed E-state index contributed by atoms with van der Waals surface area (Å²) in [6, 6.07) is 6.25. The van der Waals surface area contributed by atoms with Gasteiger partial charge in [-0.1, -0.05) is 29.8 Å². The van der Waals surface area contributed by atoms with Crippen LogP contribution in [0.3, 0.4) is 0 Å². The fraction of sp³-hybridized carbons (Fsp3) is 0.0714. The fourth-order valence-corrected chi connectivity index (χ4v) is 2.41. The molecule has 7 heteroatoms. The van der Waals surface area contributed by atoms with Gasteiger partial charge >= 0.3 is 6.03 Å². The number of halogens is 2. The molecule has 1 aromatic carbocycles. The number of carbonyl (C=O) groups excluding carboxylic acids is 2. The number of pyridine rings is 1. The molecule has 0 spiro atoms. The minimum Gasteiger partial charge on any atom is -0.321 e. The van der Waals surface area contributed by atoms with Gasteiger partial charge in [-0.2, -0.15) is 0 Å². The zero-order valence-corrected chi connectivity index (χ0v) is 11.3. The third kappa shape index (κ3) is 2.34. The minimum absolute atomic E-state index is 0.0760. The van der Waals surface area contributed by atoms with E-state index in [-0.39, 0.29) is 5.69 Å². The van der Waals surface area contributed by atoms with Gasteiger partial charge < -0.3 is 5.32 Å². The summed E-state index contributed by atoms with van der Waals surface area (Å²) < 4.78 is 13.2. The molecule has 1 aromatic heterocycles. The summed E-state index contributed by atoms with van der Waals surface area (Å²) in [5.74, 6) is -1.16. The Morgan fingerprint density at radius 1 is 1.24 bits per heavy atom. The highest BCUT2D eigenvalue weighted by molar-refractivity contribution is 6.32. The maximum absolute atomic E-state index is 13.2. The van der Waals surface area contributed by atoms with E-state index in [2.05, 4.69) is 10.3 Å². The van der Waals surface area contributed by atoms with Gasteiger partial charge in [-0.15, -0.1) is 0 Å². The van der Waals surface area contributed by atoms with Crippen molar-refractivity contribution >= 4 is 29.2 Å². The van der Waals surface area contributed by atoms with Crippen molar-refractivity contribution in [1.29, 1.82) is 0 Å². The van der Waals surface area contributed by atoms with Crippen LogP contribution in [-0.2, 0) is 4.79 Å². The number of carbonyl (C=O) groups is 2. The molecule has 106 valence electrons. The standard InChI is InChI=1S/C14H9ClFN3O2/c15-11-4-2-1-3-10(11)12-13(20)19(14(21)18-12)9-5-8(16)6-17-7-9/h1-7,12H,(H,18,21). The van der Waals surface area contributed by atoms with Gasteiger partial charge in [0.1, 0.15) is 11.9 Å². The van der Waals surface area contributed by atoms with Crippen LogP contribution in [0.25, 0.3) is 0 Å². The first-order valence-corrected chi connectivity index (χ1v) is 6.45. The normalized spacial score (nSPS) is 18.0. The molecule has 0 saturated carbocycles. The zero-order valence-electron chi connectivity index (χ0n) is 10.6. The lowest BCUT2D eigenvalue weighted by molar-refractivity contribution is -0.118. The molecular formula is C14H9ClFN3O2. The van der Waals surface area contributed by atoms with Crippen LogP contribution < -0.4 is 10.2 Å². The molecule has 1 atom stereocenters. The number of rotatable bonds is 2. The van der Waals surface area contributed by atoms with Crippen molar-refractivity contribution in [3.8, 4) is 0 Å². The zero-order chi connectivity index (χ0) is 15.0. The number of benzene rings is 1. The molecule has 21 heavy (non-hydrogen) atoms. The van der Waals surface area contributed by atoms with E-state index in [4.69, 9.17) is 11.6 Å². The predicted octanol–water partition coefficient (Wildman–Crippen LogP) is 2.67. The molecule has 0 bridgehead atoms. The summed E-state index contributed by atoms with van der Waals surface area (Å²) in [5.41, 5.74) is 0.566. The number of urea groups is 1. The van der Waals surface area contributed by atoms with Gasteiger partial charge in [-0.05, 0) is 6.07 Å². The molecule has 5 nitrogen and oxygen atoms in total. The van der Waals surface area contributed by atoms with Gasteiger partial charge in [0, 0.05) is 16.7 Å². The van der Waals surface area contributed by atoms with E-state index >= 15 is 0 Å². The molecule has 0 aliphatic carbocycles. The van der Waals surface area contributed by atoms with Gasteiger partial charge in [-0.3, -0.25) is 9.78 Å². The molecule has 1 aliphatic rings. The molecule has 1 saturated heterocycles. The van der Waals surface area contributed by atoms with E-state index in [1.807, 2.05) is 0 Å². The monoisotopic (exact) mass is 305 g/mol. The highest BCUT2D eigenvalue weighted by Crippen LogP contribution is 2.30. The lowest BCUT2D eigenvalue weighted by Gasteiger charge is -2.13. The number of nitrogens with one attached hydrogen (secondary N) is 1. The third-order valence-electron chi connectivity index (χ3n) is 3.10. The SMILES string of the molecule is O=C1NC(c2ccccc2Cl)C(=O)N1c1cncc(F)c1. The second kappa shape index (κ2) is 5.14. The lowest BCUT2D eigenvalue weighted by atomic mass is 10.1. The van der Waals surface area contributed by atoms with Gasteiger partial charge in [0.15, 0.2) is 0 Å². The Morgan fingerprint density at radius 3 is 2.71 bits per heavy atom. The van der Waals surface area contributed by atoms with Crippen LogP contribution in [-0.4, -0.2) is 16.9 Å². The summed E-state index contributed by atoms with van der Waals surface area (Å²) in [7, 11) is 0. The highest BCUT2D eigenvalue weighted by Gasteiger charge is 2.40. The molecule has 2 aromatic rings. The highest BCUT2D eigenvalue weighted by atomic mass is 35.5. The lowest BCUT2D eigenvalue weighted by Crippen LogP contribution is -2.30. The predicted molar refractivity (Wildman–Crippen MR) is 74.4 cm³/mol. The number of nitrogens with zero attached hydrogens (tertiary/aromatic N) is 2. The maximum atomic E-state index is 13.2. The summed E-state index contributed by atoms with van der Waals surface area (Å²) >= 11 is 6.04. The first-order valence-electron chi connectivity index (χ1n) is 6.07. The molecule has 3 amide bonds. The topological polar surface area (TPSA) is 62.3 Å². The summed E-state index contributed by atoms with van der Waals surface area (Å²) in [6.07, 6.45) is 2.24. The Bertz CT molecular complexity index is 738. The molecular weight excluding hydrogens is 297 g/mol. The Hall–Kier alpha value is -2.47. The molecule has 0 radical (unpaired) electrons. The van der Waals surface area contributed by atoms with Crippen LogP contribution >= 0.6 is 11.6 Å². The fourth-order valence-electron chi connectivity index (χ4n) is 2.17. The number of hydrogen-bond donors (Lipinski definition) is 1. The number of imide groups is 1. The quantitative estimate of drug-likeness (QED) is 0.868. The van der Waals surface area contributed by atoms with Crippen LogP contribution in [0.5, 0.6) is 0 Å². The van der Waals surface area contributed by atoms with E-state index in [0.29, 0.717) is 10.6 Å². The van der Waals surface area contributed by atoms with Crippen molar-refractivity contribution in [2.75, 3.05) is 4.90 Å². The van der Waals surface area contributed by atoms with Crippen LogP contribution in [0, 0.1) is 5.82 Å². The molecule has 1 N–H and O–H groups in total. The van der Waals surface area contributed by atoms with Crippen molar-refractivity contribution in [2.24, 2.45) is 0 Å². The van der Waals surface area contributed by atoms with Crippen molar-refractivity contribution in [2.45, 2.75) is 6.04 Å². The average Bonchev–Trinajstić information content (AvgIpc) is 2.74. The van der Waals surface area contributed by atoms with E-state index in [1.54, 1.807) is 24.3 Å². The number of aromatic nitrogens is 1. The second-order valence-corrected chi connectivity index (χ2v) is 4.85. The van der Waals surface area contributed by atoms with Crippen molar-refractivity contribution in [1.82, 2.24) is 10.3 Å². The van der Waals surface area contributed by atoms with Gasteiger partial charge in [0.25, 0.3) is 5.91 Å². The van der Waals surface area contributed by atoms with Gasteiger partial charge in [-0.25, -0.2) is 14.1 Å². The van der Waals surface area contributed by atoms with Crippen LogP contribution in [0.4, 0.5) is 14.9 Å². The van der Waals surface area contributed by atoms with Crippen molar-refractivity contribution in [3.63, 3.8) is 0 Å². The number of hydrogen-bond acceptors (Lipinski definition) is 3. The first-order chi connectivity index (χ1) is 10.1.